The highest BCUT2D eigenvalue weighted by Crippen LogP contribution is 2.35. The number of nitrogens with zero attached hydrogens (tertiary/aromatic N) is 2. The van der Waals surface area contributed by atoms with Crippen LogP contribution in [0, 0.1) is 0 Å². The molecule has 4 heteroatoms. The van der Waals surface area contributed by atoms with E-state index < -0.39 is 0 Å². The second-order valence-electron chi connectivity index (χ2n) is 5.36. The number of hydrogen-bond donors (Lipinski definition) is 0. The van der Waals surface area contributed by atoms with Crippen LogP contribution in [0.1, 0.15) is 50.7 Å². The number of hydrogen-bond acceptors (Lipinski definition) is 3. The van der Waals surface area contributed by atoms with Crippen LogP contribution in [-0.4, -0.2) is 9.97 Å². The zero-order valence-corrected chi connectivity index (χ0v) is 13.8. The van der Waals surface area contributed by atoms with Crippen LogP contribution in [0.2, 0.25) is 5.15 Å². The summed E-state index contributed by atoms with van der Waals surface area (Å²) in [6.45, 7) is 8.61. The highest BCUT2D eigenvalue weighted by atomic mass is 35.5. The van der Waals surface area contributed by atoms with Gasteiger partial charge in [-0.1, -0.05) is 63.2 Å². The van der Waals surface area contributed by atoms with Crippen molar-refractivity contribution in [2.24, 2.45) is 0 Å². The molecule has 1 aromatic carbocycles. The lowest BCUT2D eigenvalue weighted by molar-refractivity contribution is 0.803. The third-order valence-electron chi connectivity index (χ3n) is 3.14. The maximum absolute atomic E-state index is 6.19. The van der Waals surface area contributed by atoms with E-state index in [-0.39, 0.29) is 0 Å². The van der Waals surface area contributed by atoms with E-state index in [1.165, 1.54) is 16.8 Å². The zero-order valence-electron chi connectivity index (χ0n) is 12.2. The Morgan fingerprint density at radius 3 is 2.15 bits per heavy atom. The Morgan fingerprint density at radius 1 is 0.950 bits per heavy atom. The maximum Gasteiger partial charge on any atom is 0.137 e. The Labute approximate surface area is 130 Å². The molecule has 0 bridgehead atoms. The zero-order chi connectivity index (χ0) is 14.7. The van der Waals surface area contributed by atoms with Crippen molar-refractivity contribution in [1.82, 2.24) is 9.97 Å². The lowest BCUT2D eigenvalue weighted by atomic mass is 10.0. The smallest absolute Gasteiger partial charge is 0.137 e. The third kappa shape index (κ3) is 3.53. The quantitative estimate of drug-likeness (QED) is 0.695. The first-order valence-corrected chi connectivity index (χ1v) is 7.96. The van der Waals surface area contributed by atoms with Crippen LogP contribution in [0.4, 0.5) is 0 Å². The Bertz CT molecular complexity index is 580. The van der Waals surface area contributed by atoms with Crippen LogP contribution >= 0.6 is 23.4 Å². The fraction of sp³-hybridized carbons (Fsp3) is 0.375. The minimum Gasteiger partial charge on any atom is -0.229 e. The van der Waals surface area contributed by atoms with Crippen molar-refractivity contribution in [1.29, 1.82) is 0 Å². The standard InChI is InChI=1S/C16H19ClN2S/c1-10(2)12-5-7-13(8-6-12)20-16-14(11(3)4)15(17)18-9-19-16/h5-11H,1-4H3. The molecule has 0 radical (unpaired) electrons. The van der Waals surface area contributed by atoms with Crippen molar-refractivity contribution in [3.05, 3.63) is 46.9 Å². The summed E-state index contributed by atoms with van der Waals surface area (Å²) in [6, 6.07) is 8.62. The van der Waals surface area contributed by atoms with Gasteiger partial charge in [0.05, 0.1) is 0 Å². The van der Waals surface area contributed by atoms with Crippen LogP contribution in [0.15, 0.2) is 40.5 Å². The highest BCUT2D eigenvalue weighted by Gasteiger charge is 2.14. The van der Waals surface area contributed by atoms with E-state index in [9.17, 15) is 0 Å². The van der Waals surface area contributed by atoms with Crippen molar-refractivity contribution >= 4 is 23.4 Å². The van der Waals surface area contributed by atoms with Gasteiger partial charge in [-0.2, -0.15) is 0 Å². The molecule has 0 atom stereocenters. The number of rotatable bonds is 4. The first-order valence-electron chi connectivity index (χ1n) is 6.77. The predicted octanol–water partition coefficient (Wildman–Crippen LogP) is 5.53. The fourth-order valence-electron chi connectivity index (χ4n) is 1.96. The molecule has 0 aliphatic heterocycles. The van der Waals surface area contributed by atoms with E-state index in [2.05, 4.69) is 61.9 Å². The average molecular weight is 307 g/mol. The van der Waals surface area contributed by atoms with E-state index in [1.54, 1.807) is 11.8 Å². The van der Waals surface area contributed by atoms with Gasteiger partial charge in [-0.25, -0.2) is 9.97 Å². The molecule has 20 heavy (non-hydrogen) atoms. The molecule has 2 nitrogen and oxygen atoms in total. The summed E-state index contributed by atoms with van der Waals surface area (Å²) in [6.07, 6.45) is 1.53. The lowest BCUT2D eigenvalue weighted by Crippen LogP contribution is -1.97. The van der Waals surface area contributed by atoms with Crippen molar-refractivity contribution in [3.8, 4) is 0 Å². The largest absolute Gasteiger partial charge is 0.229 e. The highest BCUT2D eigenvalue weighted by molar-refractivity contribution is 7.99. The van der Waals surface area contributed by atoms with Gasteiger partial charge in [0, 0.05) is 10.5 Å². The molecule has 0 saturated heterocycles. The van der Waals surface area contributed by atoms with Crippen LogP contribution in [-0.2, 0) is 0 Å². The number of halogens is 1. The molecule has 0 unspecified atom stereocenters. The summed E-state index contributed by atoms with van der Waals surface area (Å²) < 4.78 is 0. The van der Waals surface area contributed by atoms with Crippen LogP contribution in [0.3, 0.4) is 0 Å². The molecular weight excluding hydrogens is 288 g/mol. The van der Waals surface area contributed by atoms with Crippen molar-refractivity contribution < 1.29 is 0 Å². The number of aromatic nitrogens is 2. The van der Waals surface area contributed by atoms with Gasteiger partial charge >= 0.3 is 0 Å². The Morgan fingerprint density at radius 2 is 1.60 bits per heavy atom. The monoisotopic (exact) mass is 306 g/mol. The van der Waals surface area contributed by atoms with E-state index >= 15 is 0 Å². The van der Waals surface area contributed by atoms with Gasteiger partial charge in [0.15, 0.2) is 0 Å². The molecule has 106 valence electrons. The molecule has 0 N–H and O–H groups in total. The molecular formula is C16H19ClN2S. The third-order valence-corrected chi connectivity index (χ3v) is 4.47. The fourth-order valence-corrected chi connectivity index (χ4v) is 3.40. The average Bonchev–Trinajstić information content (AvgIpc) is 2.39. The summed E-state index contributed by atoms with van der Waals surface area (Å²) in [4.78, 5) is 9.63. The van der Waals surface area contributed by atoms with Gasteiger partial charge in [0.1, 0.15) is 16.5 Å². The first-order chi connectivity index (χ1) is 9.49. The molecule has 2 aromatic rings. The van der Waals surface area contributed by atoms with Gasteiger partial charge in [0.2, 0.25) is 0 Å². The van der Waals surface area contributed by atoms with Crippen LogP contribution in [0.25, 0.3) is 0 Å². The molecule has 0 saturated carbocycles. The lowest BCUT2D eigenvalue weighted by Gasteiger charge is -2.12. The SMILES string of the molecule is CC(C)c1ccc(Sc2ncnc(Cl)c2C(C)C)cc1. The molecule has 0 aliphatic rings. The van der Waals surface area contributed by atoms with Gasteiger partial charge in [-0.15, -0.1) is 0 Å². The topological polar surface area (TPSA) is 25.8 Å². The van der Waals surface area contributed by atoms with Gasteiger partial charge in [-0.3, -0.25) is 0 Å². The normalized spacial score (nSPS) is 11.3. The van der Waals surface area contributed by atoms with Crippen molar-refractivity contribution in [3.63, 3.8) is 0 Å². The van der Waals surface area contributed by atoms with E-state index in [0.717, 1.165) is 10.6 Å². The molecule has 2 rings (SSSR count). The molecule has 0 fully saturated rings. The van der Waals surface area contributed by atoms with E-state index in [1.807, 2.05) is 0 Å². The Balaban J connectivity index is 2.28. The molecule has 1 aromatic heterocycles. The van der Waals surface area contributed by atoms with Gasteiger partial charge < -0.3 is 0 Å². The molecule has 0 aliphatic carbocycles. The minimum atomic E-state index is 0.307. The van der Waals surface area contributed by atoms with Crippen LogP contribution < -0.4 is 0 Å². The van der Waals surface area contributed by atoms with Crippen molar-refractivity contribution in [2.75, 3.05) is 0 Å². The van der Waals surface area contributed by atoms with Gasteiger partial charge in [-0.05, 0) is 29.5 Å². The molecule has 0 spiro atoms. The predicted molar refractivity (Wildman–Crippen MR) is 85.8 cm³/mol. The molecule has 1 heterocycles. The summed E-state index contributed by atoms with van der Waals surface area (Å²) in [5.74, 6) is 0.856. The van der Waals surface area contributed by atoms with Gasteiger partial charge in [0.25, 0.3) is 0 Å². The minimum absolute atomic E-state index is 0.307. The number of benzene rings is 1. The van der Waals surface area contributed by atoms with E-state index in [0.29, 0.717) is 17.0 Å². The van der Waals surface area contributed by atoms with Crippen LogP contribution in [0.5, 0.6) is 0 Å². The van der Waals surface area contributed by atoms with Crippen molar-refractivity contribution in [2.45, 2.75) is 49.5 Å². The second-order valence-corrected chi connectivity index (χ2v) is 6.78. The summed E-state index contributed by atoms with van der Waals surface area (Å²) >= 11 is 7.83. The Hall–Kier alpha value is -1.06. The summed E-state index contributed by atoms with van der Waals surface area (Å²) in [5, 5.41) is 1.49. The van der Waals surface area contributed by atoms with E-state index in [4.69, 9.17) is 11.6 Å². The summed E-state index contributed by atoms with van der Waals surface area (Å²) in [7, 11) is 0. The summed E-state index contributed by atoms with van der Waals surface area (Å²) in [5.41, 5.74) is 2.37. The second kappa shape index (κ2) is 6.59. The molecule has 0 amide bonds. The Kier molecular flexibility index (Phi) is 5.06. The first kappa shape index (κ1) is 15.3. The maximum atomic E-state index is 6.19.